The maximum absolute atomic E-state index is 10.6. The lowest BCUT2D eigenvalue weighted by Gasteiger charge is -2.08. The summed E-state index contributed by atoms with van der Waals surface area (Å²) < 4.78 is 0. The monoisotopic (exact) mass is 200 g/mol. The number of carbonyl (C=O) groups is 1. The van der Waals surface area contributed by atoms with Crippen LogP contribution < -0.4 is 0 Å². The van der Waals surface area contributed by atoms with E-state index in [1.165, 1.54) is 21.8 Å². The maximum Gasteiger partial charge on any atom is 0.345 e. The molecular weight excluding hydrogens is 192 g/mol. The van der Waals surface area contributed by atoms with Gasteiger partial charge in [0.05, 0.1) is 0 Å². The van der Waals surface area contributed by atoms with Gasteiger partial charge in [0.15, 0.2) is 0 Å². The van der Waals surface area contributed by atoms with Crippen LogP contribution in [-0.4, -0.2) is 16.8 Å². The van der Waals surface area contributed by atoms with Crippen LogP contribution in [0.5, 0.6) is 0 Å². The molecule has 0 fully saturated rings. The Labute approximate surface area is 78.6 Å². The van der Waals surface area contributed by atoms with E-state index in [4.69, 9.17) is 5.11 Å². The minimum absolute atomic E-state index is 0.488. The first-order valence-electron chi connectivity index (χ1n) is 3.70. The third-order valence-corrected chi connectivity index (χ3v) is 4.19. The van der Waals surface area contributed by atoms with Crippen molar-refractivity contribution in [3.63, 3.8) is 0 Å². The Morgan fingerprint density at radius 2 is 2.42 bits per heavy atom. The molecule has 0 unspecified atom stereocenters. The van der Waals surface area contributed by atoms with Crippen molar-refractivity contribution in [3.8, 4) is 0 Å². The van der Waals surface area contributed by atoms with Gasteiger partial charge in [0.2, 0.25) is 0 Å². The van der Waals surface area contributed by atoms with Gasteiger partial charge >= 0.3 is 5.97 Å². The topological polar surface area (TPSA) is 37.3 Å². The van der Waals surface area contributed by atoms with Gasteiger partial charge in [-0.1, -0.05) is 0 Å². The molecule has 2 rings (SSSR count). The molecule has 0 radical (unpaired) electrons. The summed E-state index contributed by atoms with van der Waals surface area (Å²) in [5.41, 5.74) is 1.25. The number of aryl methyl sites for hydroxylation is 1. The summed E-state index contributed by atoms with van der Waals surface area (Å²) in [4.78, 5) is 12.4. The molecule has 0 saturated heterocycles. The SMILES string of the molecule is O=C(O)c1cc2c(s1)CSCC2. The summed E-state index contributed by atoms with van der Waals surface area (Å²) >= 11 is 3.30. The van der Waals surface area contributed by atoms with Crippen LogP contribution in [0.25, 0.3) is 0 Å². The van der Waals surface area contributed by atoms with Crippen LogP contribution in [0.15, 0.2) is 6.07 Å². The molecule has 0 atom stereocenters. The van der Waals surface area contributed by atoms with Crippen LogP contribution in [0.1, 0.15) is 20.1 Å². The highest BCUT2D eigenvalue weighted by Gasteiger charge is 2.16. The molecule has 0 aliphatic carbocycles. The van der Waals surface area contributed by atoms with Crippen LogP contribution in [0.3, 0.4) is 0 Å². The summed E-state index contributed by atoms with van der Waals surface area (Å²) in [6.45, 7) is 0. The van der Waals surface area contributed by atoms with E-state index in [2.05, 4.69) is 0 Å². The van der Waals surface area contributed by atoms with E-state index < -0.39 is 5.97 Å². The molecule has 0 bridgehead atoms. The van der Waals surface area contributed by atoms with Crippen molar-refractivity contribution in [1.82, 2.24) is 0 Å². The van der Waals surface area contributed by atoms with Crippen LogP contribution in [0, 0.1) is 0 Å². The van der Waals surface area contributed by atoms with Crippen LogP contribution in [0.2, 0.25) is 0 Å². The lowest BCUT2D eigenvalue weighted by Crippen LogP contribution is -1.96. The van der Waals surface area contributed by atoms with E-state index in [9.17, 15) is 4.79 Å². The first-order valence-corrected chi connectivity index (χ1v) is 5.67. The molecule has 0 spiro atoms. The molecule has 12 heavy (non-hydrogen) atoms. The summed E-state index contributed by atoms with van der Waals surface area (Å²) in [5.74, 6) is 1.33. The smallest absolute Gasteiger partial charge is 0.345 e. The number of rotatable bonds is 1. The van der Waals surface area contributed by atoms with E-state index in [1.54, 1.807) is 0 Å². The summed E-state index contributed by atoms with van der Waals surface area (Å²) in [6, 6.07) is 1.82. The Hall–Kier alpha value is -0.480. The number of thioether (sulfide) groups is 1. The van der Waals surface area contributed by atoms with Crippen LogP contribution in [-0.2, 0) is 12.2 Å². The number of hydrogen-bond donors (Lipinski definition) is 1. The third kappa shape index (κ3) is 1.36. The predicted molar refractivity (Wildman–Crippen MR) is 51.1 cm³/mol. The molecule has 0 amide bonds. The van der Waals surface area contributed by atoms with E-state index in [-0.39, 0.29) is 0 Å². The largest absolute Gasteiger partial charge is 0.477 e. The van der Waals surface area contributed by atoms with Crippen LogP contribution >= 0.6 is 23.1 Å². The second-order valence-electron chi connectivity index (χ2n) is 2.67. The summed E-state index contributed by atoms with van der Waals surface area (Å²) in [5, 5.41) is 8.74. The summed E-state index contributed by atoms with van der Waals surface area (Å²) in [7, 11) is 0. The second kappa shape index (κ2) is 3.11. The number of hydrogen-bond acceptors (Lipinski definition) is 3. The molecule has 4 heteroatoms. The van der Waals surface area contributed by atoms with Gasteiger partial charge in [-0.2, -0.15) is 11.8 Å². The molecule has 2 heterocycles. The number of thiophene rings is 1. The molecular formula is C8H8O2S2. The predicted octanol–water partition coefficient (Wildman–Crippen LogP) is 2.24. The fourth-order valence-corrected chi connectivity index (χ4v) is 3.46. The van der Waals surface area contributed by atoms with Crippen molar-refractivity contribution >= 4 is 29.1 Å². The average molecular weight is 200 g/mol. The Morgan fingerprint density at radius 1 is 1.58 bits per heavy atom. The van der Waals surface area contributed by atoms with E-state index >= 15 is 0 Å². The van der Waals surface area contributed by atoms with E-state index in [0.717, 1.165) is 17.9 Å². The molecule has 0 saturated carbocycles. The molecule has 1 aromatic heterocycles. The molecule has 0 aromatic carbocycles. The first kappa shape index (κ1) is 8.13. The minimum atomic E-state index is -0.792. The number of aromatic carboxylic acids is 1. The Balaban J connectivity index is 2.38. The van der Waals surface area contributed by atoms with Gasteiger partial charge in [-0.25, -0.2) is 4.79 Å². The zero-order valence-corrected chi connectivity index (χ0v) is 8.00. The molecule has 1 N–H and O–H groups in total. The molecule has 1 aliphatic rings. The highest BCUT2D eigenvalue weighted by Crippen LogP contribution is 2.31. The second-order valence-corrected chi connectivity index (χ2v) is 4.91. The standard InChI is InChI=1S/C8H8O2S2/c9-8(10)6-3-5-1-2-11-4-7(5)12-6/h3H,1-2,4H2,(H,9,10). The Bertz CT molecular complexity index is 293. The highest BCUT2D eigenvalue weighted by molar-refractivity contribution is 7.98. The van der Waals surface area contributed by atoms with Crippen molar-refractivity contribution in [3.05, 3.63) is 21.4 Å². The maximum atomic E-state index is 10.6. The molecule has 64 valence electrons. The van der Waals surface area contributed by atoms with Crippen molar-refractivity contribution in [1.29, 1.82) is 0 Å². The zero-order chi connectivity index (χ0) is 8.55. The molecule has 2 nitrogen and oxygen atoms in total. The van der Waals surface area contributed by atoms with Gasteiger partial charge in [-0.3, -0.25) is 0 Å². The van der Waals surface area contributed by atoms with Gasteiger partial charge in [-0.05, 0) is 23.8 Å². The lowest BCUT2D eigenvalue weighted by atomic mass is 10.2. The average Bonchev–Trinajstić information content (AvgIpc) is 2.46. The van der Waals surface area contributed by atoms with Gasteiger partial charge in [0, 0.05) is 10.6 Å². The van der Waals surface area contributed by atoms with Crippen molar-refractivity contribution in [2.75, 3.05) is 5.75 Å². The van der Waals surface area contributed by atoms with E-state index in [0.29, 0.717) is 4.88 Å². The number of fused-ring (bicyclic) bond motifs is 1. The van der Waals surface area contributed by atoms with Gasteiger partial charge < -0.3 is 5.11 Å². The van der Waals surface area contributed by atoms with E-state index in [1.807, 2.05) is 17.8 Å². The first-order chi connectivity index (χ1) is 5.77. The normalized spacial score (nSPS) is 15.7. The number of carboxylic acids is 1. The molecule has 1 aromatic rings. The fraction of sp³-hybridized carbons (Fsp3) is 0.375. The van der Waals surface area contributed by atoms with Gasteiger partial charge in [0.1, 0.15) is 4.88 Å². The quantitative estimate of drug-likeness (QED) is 0.755. The van der Waals surface area contributed by atoms with Crippen LogP contribution in [0.4, 0.5) is 0 Å². The molecule has 1 aliphatic heterocycles. The van der Waals surface area contributed by atoms with Crippen molar-refractivity contribution in [2.45, 2.75) is 12.2 Å². The lowest BCUT2D eigenvalue weighted by molar-refractivity contribution is 0.0702. The minimum Gasteiger partial charge on any atom is -0.477 e. The van der Waals surface area contributed by atoms with Gasteiger partial charge in [-0.15, -0.1) is 11.3 Å². The van der Waals surface area contributed by atoms with Crippen molar-refractivity contribution in [2.24, 2.45) is 0 Å². The number of carboxylic acid groups (broad SMARTS) is 1. The summed E-state index contributed by atoms with van der Waals surface area (Å²) in [6.07, 6.45) is 1.03. The third-order valence-electron chi connectivity index (χ3n) is 1.86. The van der Waals surface area contributed by atoms with Gasteiger partial charge in [0.25, 0.3) is 0 Å². The Morgan fingerprint density at radius 3 is 3.08 bits per heavy atom. The van der Waals surface area contributed by atoms with Crippen molar-refractivity contribution < 1.29 is 9.90 Å². The fourth-order valence-electron chi connectivity index (χ4n) is 1.25. The highest BCUT2D eigenvalue weighted by atomic mass is 32.2. The zero-order valence-electron chi connectivity index (χ0n) is 6.37. The Kier molecular flexibility index (Phi) is 2.11.